The van der Waals surface area contributed by atoms with Crippen molar-refractivity contribution in [2.45, 2.75) is 25.8 Å². The number of ether oxygens (including phenoxy) is 1. The number of non-ortho nitro benzene ring substituents is 1. The van der Waals surface area contributed by atoms with Gasteiger partial charge in [0.2, 0.25) is 5.88 Å². The summed E-state index contributed by atoms with van der Waals surface area (Å²) in [5.41, 5.74) is 1.51. The van der Waals surface area contributed by atoms with Crippen LogP contribution in [-0.2, 0) is 0 Å². The van der Waals surface area contributed by atoms with Crippen molar-refractivity contribution in [1.82, 2.24) is 14.4 Å². The van der Waals surface area contributed by atoms with Crippen molar-refractivity contribution in [3.05, 3.63) is 52.5 Å². The molecule has 0 radical (unpaired) electrons. The number of imidazole rings is 1. The summed E-state index contributed by atoms with van der Waals surface area (Å²) in [4.78, 5) is 19.3. The molecule has 1 saturated carbocycles. The van der Waals surface area contributed by atoms with Crippen molar-refractivity contribution in [2.24, 2.45) is 0 Å². The predicted octanol–water partition coefficient (Wildman–Crippen LogP) is 3.31. The topological polar surface area (TPSA) is 94.6 Å². The summed E-state index contributed by atoms with van der Waals surface area (Å²) in [6.45, 7) is 1.83. The third-order valence-corrected chi connectivity index (χ3v) is 3.87. The minimum atomic E-state index is -0.446. The fraction of sp³-hybridized carbons (Fsp3) is 0.250. The molecule has 0 unspecified atom stereocenters. The third-order valence-electron chi connectivity index (χ3n) is 3.87. The second-order valence-corrected chi connectivity index (χ2v) is 5.81. The molecule has 1 fully saturated rings. The molecule has 3 aromatic rings. The highest BCUT2D eigenvalue weighted by Crippen LogP contribution is 2.31. The largest absolute Gasteiger partial charge is 0.437 e. The molecule has 2 aromatic heterocycles. The van der Waals surface area contributed by atoms with Gasteiger partial charge in [0.25, 0.3) is 5.69 Å². The van der Waals surface area contributed by atoms with Gasteiger partial charge in [0.05, 0.1) is 17.2 Å². The number of aromatic nitrogens is 3. The normalized spacial score (nSPS) is 13.9. The van der Waals surface area contributed by atoms with Crippen LogP contribution in [0.1, 0.15) is 18.4 Å². The van der Waals surface area contributed by atoms with E-state index in [9.17, 15) is 10.1 Å². The summed E-state index contributed by atoms with van der Waals surface area (Å²) in [7, 11) is 0. The Balaban J connectivity index is 1.71. The van der Waals surface area contributed by atoms with Crippen LogP contribution in [0.2, 0.25) is 0 Å². The van der Waals surface area contributed by atoms with Gasteiger partial charge >= 0.3 is 0 Å². The van der Waals surface area contributed by atoms with Gasteiger partial charge in [-0.05, 0) is 31.4 Å². The number of anilines is 1. The second kappa shape index (κ2) is 5.48. The minimum Gasteiger partial charge on any atom is -0.437 e. The van der Waals surface area contributed by atoms with Crippen LogP contribution in [0.15, 0.2) is 36.8 Å². The Morgan fingerprint density at radius 1 is 1.42 bits per heavy atom. The van der Waals surface area contributed by atoms with Crippen LogP contribution in [-0.4, -0.2) is 25.3 Å². The summed E-state index contributed by atoms with van der Waals surface area (Å²) in [5, 5.41) is 14.3. The van der Waals surface area contributed by atoms with Crippen LogP contribution >= 0.6 is 0 Å². The van der Waals surface area contributed by atoms with Crippen molar-refractivity contribution in [3.63, 3.8) is 0 Å². The molecule has 0 amide bonds. The van der Waals surface area contributed by atoms with Crippen LogP contribution in [0, 0.1) is 17.0 Å². The van der Waals surface area contributed by atoms with E-state index in [0.29, 0.717) is 23.5 Å². The Morgan fingerprint density at radius 2 is 2.25 bits per heavy atom. The van der Waals surface area contributed by atoms with Crippen LogP contribution < -0.4 is 10.1 Å². The Hall–Kier alpha value is -3.16. The number of hydrogen-bond acceptors (Lipinski definition) is 6. The number of aryl methyl sites for hydroxylation is 1. The number of nitrogens with one attached hydrogen (secondary N) is 1. The number of nitro benzene ring substituents is 1. The number of hydrogen-bond donors (Lipinski definition) is 1. The lowest BCUT2D eigenvalue weighted by atomic mass is 10.2. The smallest absolute Gasteiger partial charge is 0.273 e. The van der Waals surface area contributed by atoms with Gasteiger partial charge in [-0.3, -0.25) is 14.5 Å². The second-order valence-electron chi connectivity index (χ2n) is 5.81. The summed E-state index contributed by atoms with van der Waals surface area (Å²) in [6.07, 6.45) is 7.44. The number of rotatable bonds is 5. The number of fused-ring (bicyclic) bond motifs is 1. The van der Waals surface area contributed by atoms with E-state index in [1.165, 1.54) is 12.1 Å². The Kier molecular flexibility index (Phi) is 3.30. The average Bonchev–Trinajstić information content (AvgIpc) is 3.23. The van der Waals surface area contributed by atoms with Gasteiger partial charge in [-0.2, -0.15) is 4.98 Å². The standard InChI is InChI=1S/C16H15N5O3/c1-10-2-5-12(21(22)23)8-13(10)24-14-9-20-7-6-17-16(20)15(19-14)18-11-3-4-11/h2,5-9,11H,3-4H2,1H3,(H,18,19). The Labute approximate surface area is 137 Å². The van der Waals surface area contributed by atoms with E-state index in [1.54, 1.807) is 18.5 Å². The monoisotopic (exact) mass is 325 g/mol. The van der Waals surface area contributed by atoms with E-state index < -0.39 is 4.92 Å². The lowest BCUT2D eigenvalue weighted by Crippen LogP contribution is -2.06. The van der Waals surface area contributed by atoms with Crippen LogP contribution in [0.5, 0.6) is 11.6 Å². The first-order valence-corrected chi connectivity index (χ1v) is 7.63. The van der Waals surface area contributed by atoms with Crippen molar-refractivity contribution in [2.75, 3.05) is 5.32 Å². The zero-order chi connectivity index (χ0) is 16.7. The quantitative estimate of drug-likeness (QED) is 0.571. The molecule has 1 aromatic carbocycles. The molecular formula is C16H15N5O3. The molecule has 24 heavy (non-hydrogen) atoms. The molecule has 0 aliphatic heterocycles. The Morgan fingerprint density at radius 3 is 3.00 bits per heavy atom. The minimum absolute atomic E-state index is 0.0179. The van der Waals surface area contributed by atoms with Crippen molar-refractivity contribution in [3.8, 4) is 11.6 Å². The highest BCUT2D eigenvalue weighted by molar-refractivity contribution is 5.64. The van der Waals surface area contributed by atoms with Crippen LogP contribution in [0.3, 0.4) is 0 Å². The fourth-order valence-electron chi connectivity index (χ4n) is 2.40. The van der Waals surface area contributed by atoms with E-state index in [1.807, 2.05) is 17.5 Å². The molecular weight excluding hydrogens is 310 g/mol. The molecule has 0 bridgehead atoms. The maximum atomic E-state index is 11.0. The van der Waals surface area contributed by atoms with Gasteiger partial charge in [-0.1, -0.05) is 0 Å². The van der Waals surface area contributed by atoms with Crippen LogP contribution in [0.4, 0.5) is 11.5 Å². The summed E-state index contributed by atoms with van der Waals surface area (Å²) in [6, 6.07) is 4.94. The molecule has 0 saturated heterocycles. The molecule has 8 nitrogen and oxygen atoms in total. The molecule has 122 valence electrons. The highest BCUT2D eigenvalue weighted by atomic mass is 16.6. The van der Waals surface area contributed by atoms with Gasteiger partial charge in [0.15, 0.2) is 11.5 Å². The molecule has 1 aliphatic rings. The SMILES string of the molecule is Cc1ccc([N+](=O)[O-])cc1Oc1cn2ccnc2c(NC2CC2)n1. The summed E-state index contributed by atoms with van der Waals surface area (Å²) >= 11 is 0. The number of benzene rings is 1. The average molecular weight is 325 g/mol. The molecule has 0 spiro atoms. The predicted molar refractivity (Wildman–Crippen MR) is 87.5 cm³/mol. The van der Waals surface area contributed by atoms with E-state index in [4.69, 9.17) is 4.74 Å². The van der Waals surface area contributed by atoms with Gasteiger partial charge < -0.3 is 10.1 Å². The summed E-state index contributed by atoms with van der Waals surface area (Å²) in [5.74, 6) is 1.42. The first-order chi connectivity index (χ1) is 11.6. The molecule has 2 heterocycles. The zero-order valence-corrected chi connectivity index (χ0v) is 13.0. The van der Waals surface area contributed by atoms with Crippen molar-refractivity contribution < 1.29 is 9.66 Å². The molecule has 1 N–H and O–H groups in total. The third kappa shape index (κ3) is 2.73. The first-order valence-electron chi connectivity index (χ1n) is 7.63. The maximum absolute atomic E-state index is 11.0. The van der Waals surface area contributed by atoms with E-state index in [-0.39, 0.29) is 5.69 Å². The first kappa shape index (κ1) is 14.4. The number of nitro groups is 1. The van der Waals surface area contributed by atoms with E-state index >= 15 is 0 Å². The van der Waals surface area contributed by atoms with Crippen LogP contribution in [0.25, 0.3) is 5.65 Å². The summed E-state index contributed by atoms with van der Waals surface area (Å²) < 4.78 is 7.64. The van der Waals surface area contributed by atoms with E-state index in [0.717, 1.165) is 24.1 Å². The van der Waals surface area contributed by atoms with Gasteiger partial charge in [-0.25, -0.2) is 4.98 Å². The number of nitrogens with zero attached hydrogens (tertiary/aromatic N) is 4. The molecule has 8 heteroatoms. The van der Waals surface area contributed by atoms with E-state index in [2.05, 4.69) is 15.3 Å². The molecule has 0 atom stereocenters. The molecule has 4 rings (SSSR count). The van der Waals surface area contributed by atoms with Crippen molar-refractivity contribution in [1.29, 1.82) is 0 Å². The molecule has 1 aliphatic carbocycles. The van der Waals surface area contributed by atoms with Gasteiger partial charge in [0, 0.05) is 24.5 Å². The Bertz CT molecular complexity index is 933. The maximum Gasteiger partial charge on any atom is 0.273 e. The van der Waals surface area contributed by atoms with Gasteiger partial charge in [-0.15, -0.1) is 0 Å². The fourth-order valence-corrected chi connectivity index (χ4v) is 2.40. The lowest BCUT2D eigenvalue weighted by Gasteiger charge is -2.11. The van der Waals surface area contributed by atoms with Crippen molar-refractivity contribution >= 4 is 17.2 Å². The zero-order valence-electron chi connectivity index (χ0n) is 13.0. The highest BCUT2D eigenvalue weighted by Gasteiger charge is 2.23. The lowest BCUT2D eigenvalue weighted by molar-refractivity contribution is -0.384. The van der Waals surface area contributed by atoms with Gasteiger partial charge in [0.1, 0.15) is 5.75 Å².